The fraction of sp³-hybridized carbons (Fsp3) is 0.0625. The van der Waals surface area contributed by atoms with Crippen molar-refractivity contribution in [1.29, 1.82) is 0 Å². The molecule has 0 saturated heterocycles. The van der Waals surface area contributed by atoms with Gasteiger partial charge in [0.05, 0.1) is 0 Å². The van der Waals surface area contributed by atoms with Gasteiger partial charge in [0.1, 0.15) is 0 Å². The molecule has 0 atom stereocenters. The van der Waals surface area contributed by atoms with E-state index in [1.54, 1.807) is 11.3 Å². The maximum atomic E-state index is 12.3. The predicted molar refractivity (Wildman–Crippen MR) is 76.4 cm³/mol. The van der Waals surface area contributed by atoms with E-state index >= 15 is 0 Å². The van der Waals surface area contributed by atoms with Crippen molar-refractivity contribution in [1.82, 2.24) is 0 Å². The molecule has 0 aliphatic carbocycles. The van der Waals surface area contributed by atoms with Crippen LogP contribution in [0.4, 0.5) is 0 Å². The van der Waals surface area contributed by atoms with Gasteiger partial charge in [0.25, 0.3) is 0 Å². The van der Waals surface area contributed by atoms with Crippen molar-refractivity contribution in [3.63, 3.8) is 0 Å². The molecule has 1 heterocycles. The second-order valence-electron chi connectivity index (χ2n) is 4.34. The van der Waals surface area contributed by atoms with Crippen LogP contribution in [-0.2, 0) is 0 Å². The van der Waals surface area contributed by atoms with Crippen LogP contribution in [-0.4, -0.2) is 5.78 Å². The highest BCUT2D eigenvalue weighted by Crippen LogP contribution is 2.20. The third kappa shape index (κ3) is 1.95. The summed E-state index contributed by atoms with van der Waals surface area (Å²) in [5.74, 6) is 0.102. The molecule has 0 aliphatic rings. The van der Waals surface area contributed by atoms with Crippen molar-refractivity contribution >= 4 is 27.9 Å². The van der Waals surface area contributed by atoms with Crippen LogP contribution in [0.15, 0.2) is 53.9 Å². The molecule has 0 amide bonds. The Hall–Kier alpha value is -1.93. The summed E-state index contributed by atoms with van der Waals surface area (Å²) in [4.78, 5) is 13.5. The van der Waals surface area contributed by atoms with Gasteiger partial charge < -0.3 is 0 Å². The largest absolute Gasteiger partial charge is 0.289 e. The average Bonchev–Trinajstić information content (AvgIpc) is 2.84. The highest BCUT2D eigenvalue weighted by Gasteiger charge is 2.10. The molecule has 2 heteroatoms. The smallest absolute Gasteiger partial charge is 0.193 e. The molecule has 1 aromatic heterocycles. The third-order valence-corrected chi connectivity index (χ3v) is 3.87. The van der Waals surface area contributed by atoms with Crippen molar-refractivity contribution in [3.8, 4) is 0 Å². The maximum absolute atomic E-state index is 12.3. The summed E-state index contributed by atoms with van der Waals surface area (Å²) in [6.07, 6.45) is 0. The van der Waals surface area contributed by atoms with Crippen LogP contribution in [0.5, 0.6) is 0 Å². The topological polar surface area (TPSA) is 17.1 Å². The Morgan fingerprint density at radius 3 is 2.44 bits per heavy atom. The van der Waals surface area contributed by atoms with Gasteiger partial charge in [-0.3, -0.25) is 4.79 Å². The summed E-state index contributed by atoms with van der Waals surface area (Å²) in [6.45, 7) is 2.02. The Kier molecular flexibility index (Phi) is 2.73. The lowest BCUT2D eigenvalue weighted by molar-refractivity contribution is 0.103. The molecular formula is C16H12OS. The molecule has 0 bridgehead atoms. The van der Waals surface area contributed by atoms with Gasteiger partial charge in [-0.2, -0.15) is 0 Å². The summed E-state index contributed by atoms with van der Waals surface area (Å²) in [5.41, 5.74) is 1.54. The minimum atomic E-state index is 0.102. The van der Waals surface area contributed by atoms with E-state index in [9.17, 15) is 4.79 Å². The number of fused-ring (bicyclic) bond motifs is 1. The van der Waals surface area contributed by atoms with Gasteiger partial charge in [-0.15, -0.1) is 11.3 Å². The minimum Gasteiger partial charge on any atom is -0.289 e. The zero-order chi connectivity index (χ0) is 12.5. The molecule has 0 N–H and O–H groups in total. The minimum absolute atomic E-state index is 0.102. The average molecular weight is 252 g/mol. The van der Waals surface area contributed by atoms with Crippen molar-refractivity contribution in [2.45, 2.75) is 6.92 Å². The van der Waals surface area contributed by atoms with Gasteiger partial charge in [-0.25, -0.2) is 0 Å². The molecule has 0 spiro atoms. The van der Waals surface area contributed by atoms with Crippen molar-refractivity contribution < 1.29 is 4.79 Å². The van der Waals surface area contributed by atoms with Crippen LogP contribution in [0, 0.1) is 6.92 Å². The number of carbonyl (C=O) groups excluding carboxylic acids is 1. The Morgan fingerprint density at radius 1 is 0.944 bits per heavy atom. The number of hydrogen-bond acceptors (Lipinski definition) is 2. The van der Waals surface area contributed by atoms with E-state index in [1.165, 1.54) is 4.88 Å². The van der Waals surface area contributed by atoms with Gasteiger partial charge in [-0.05, 0) is 29.8 Å². The lowest BCUT2D eigenvalue weighted by Gasteiger charge is -2.01. The number of rotatable bonds is 2. The molecule has 1 nitrogen and oxygen atoms in total. The summed E-state index contributed by atoms with van der Waals surface area (Å²) in [5, 5.41) is 4.19. The number of aryl methyl sites for hydroxylation is 1. The highest BCUT2D eigenvalue weighted by atomic mass is 32.1. The first-order valence-electron chi connectivity index (χ1n) is 5.83. The molecule has 2 aromatic carbocycles. The summed E-state index contributed by atoms with van der Waals surface area (Å²) in [6, 6.07) is 15.9. The summed E-state index contributed by atoms with van der Waals surface area (Å²) < 4.78 is 0. The van der Waals surface area contributed by atoms with Crippen LogP contribution in [0.2, 0.25) is 0 Å². The normalized spacial score (nSPS) is 10.7. The van der Waals surface area contributed by atoms with Crippen LogP contribution < -0.4 is 0 Å². The van der Waals surface area contributed by atoms with E-state index in [-0.39, 0.29) is 5.78 Å². The molecule has 0 saturated carbocycles. The SMILES string of the molecule is Cc1cc(C(=O)c2ccc3ccccc3c2)cs1. The number of carbonyl (C=O) groups is 1. The zero-order valence-electron chi connectivity index (χ0n) is 10.0. The maximum Gasteiger partial charge on any atom is 0.193 e. The molecule has 0 unspecified atom stereocenters. The fourth-order valence-electron chi connectivity index (χ4n) is 2.06. The third-order valence-electron chi connectivity index (χ3n) is 3.00. The number of hydrogen-bond donors (Lipinski definition) is 0. The summed E-state index contributed by atoms with van der Waals surface area (Å²) >= 11 is 1.61. The van der Waals surface area contributed by atoms with E-state index in [2.05, 4.69) is 6.07 Å². The van der Waals surface area contributed by atoms with Gasteiger partial charge in [0.2, 0.25) is 0 Å². The van der Waals surface area contributed by atoms with Crippen molar-refractivity contribution in [2.75, 3.05) is 0 Å². The molecule has 88 valence electrons. The van der Waals surface area contributed by atoms with E-state index in [1.807, 2.05) is 54.8 Å². The van der Waals surface area contributed by atoms with Gasteiger partial charge in [-0.1, -0.05) is 36.4 Å². The molecule has 3 rings (SSSR count). The Morgan fingerprint density at radius 2 is 1.72 bits per heavy atom. The van der Waals surface area contributed by atoms with Gasteiger partial charge in [0, 0.05) is 21.4 Å². The van der Waals surface area contributed by atoms with Crippen LogP contribution in [0.1, 0.15) is 20.8 Å². The van der Waals surface area contributed by atoms with Gasteiger partial charge in [0.15, 0.2) is 5.78 Å². The monoisotopic (exact) mass is 252 g/mol. The Bertz CT molecular complexity index is 725. The number of thiophene rings is 1. The predicted octanol–water partition coefficient (Wildman–Crippen LogP) is 4.44. The second-order valence-corrected chi connectivity index (χ2v) is 5.45. The standard InChI is InChI=1S/C16H12OS/c1-11-8-15(10-18-11)16(17)14-7-6-12-4-2-3-5-13(12)9-14/h2-10H,1H3. The van der Waals surface area contributed by atoms with E-state index in [0.717, 1.165) is 21.9 Å². The number of benzene rings is 2. The Labute approximate surface area is 110 Å². The van der Waals surface area contributed by atoms with Gasteiger partial charge >= 0.3 is 0 Å². The molecule has 3 aromatic rings. The molecule has 18 heavy (non-hydrogen) atoms. The zero-order valence-corrected chi connectivity index (χ0v) is 10.8. The molecule has 0 radical (unpaired) electrons. The quantitative estimate of drug-likeness (QED) is 0.616. The van der Waals surface area contributed by atoms with E-state index in [4.69, 9.17) is 0 Å². The molecule has 0 fully saturated rings. The Balaban J connectivity index is 2.06. The first kappa shape index (κ1) is 11.2. The lowest BCUT2D eigenvalue weighted by Crippen LogP contribution is -1.99. The lowest BCUT2D eigenvalue weighted by atomic mass is 10.0. The molecular weight excluding hydrogens is 240 g/mol. The van der Waals surface area contributed by atoms with E-state index < -0.39 is 0 Å². The summed E-state index contributed by atoms with van der Waals surface area (Å²) in [7, 11) is 0. The number of ketones is 1. The molecule has 0 aliphatic heterocycles. The first-order valence-corrected chi connectivity index (χ1v) is 6.71. The highest BCUT2D eigenvalue weighted by molar-refractivity contribution is 7.10. The van der Waals surface area contributed by atoms with E-state index in [0.29, 0.717) is 0 Å². The fourth-order valence-corrected chi connectivity index (χ4v) is 2.74. The van der Waals surface area contributed by atoms with Crippen LogP contribution in [0.3, 0.4) is 0 Å². The second kappa shape index (κ2) is 4.39. The van der Waals surface area contributed by atoms with Crippen LogP contribution >= 0.6 is 11.3 Å². The van der Waals surface area contributed by atoms with Crippen molar-refractivity contribution in [2.24, 2.45) is 0 Å². The first-order chi connectivity index (χ1) is 8.74. The van der Waals surface area contributed by atoms with Crippen molar-refractivity contribution in [3.05, 3.63) is 69.9 Å². The van der Waals surface area contributed by atoms with Crippen LogP contribution in [0.25, 0.3) is 10.8 Å².